The third-order valence-corrected chi connectivity index (χ3v) is 7.05. The van der Waals surface area contributed by atoms with Crippen molar-refractivity contribution < 1.29 is 4.74 Å². The van der Waals surface area contributed by atoms with Gasteiger partial charge in [0.15, 0.2) is 0 Å². The molecule has 4 aromatic rings. The van der Waals surface area contributed by atoms with Crippen LogP contribution < -0.4 is 15.4 Å². The first-order chi connectivity index (χ1) is 16.1. The number of aromatic nitrogens is 3. The van der Waals surface area contributed by atoms with E-state index < -0.39 is 0 Å². The fraction of sp³-hybridized carbons (Fsp3) is 0.308. The number of H-pyrrole nitrogens is 1. The Kier molecular flexibility index (Phi) is 6.15. The largest absolute Gasteiger partial charge is 0.489 e. The minimum Gasteiger partial charge on any atom is -0.489 e. The van der Waals surface area contributed by atoms with E-state index in [4.69, 9.17) is 9.72 Å². The Morgan fingerprint density at radius 3 is 2.91 bits per heavy atom. The standard InChI is InChI=1S/C26H29N5OS/c1-16(2)32-23-10-7-17(13-22(23)27-3)26-31-14-24(33-26)20-6-4-5-19-18(20)8-9-21(19)30-15-25-28-11-12-29-25/h4-7,10-14,16,21,27,30H,8-9,15H2,1-3H3,(H,28,29)/t21-/m0/s1. The highest BCUT2D eigenvalue weighted by molar-refractivity contribution is 7.18. The van der Waals surface area contributed by atoms with Gasteiger partial charge in [-0.2, -0.15) is 0 Å². The van der Waals surface area contributed by atoms with Crippen molar-refractivity contribution in [2.45, 2.75) is 45.4 Å². The first-order valence-corrected chi connectivity index (χ1v) is 12.2. The molecular weight excluding hydrogens is 430 g/mol. The van der Waals surface area contributed by atoms with Gasteiger partial charge >= 0.3 is 0 Å². The number of thiazole rings is 1. The molecular formula is C26H29N5OS. The van der Waals surface area contributed by atoms with Crippen molar-refractivity contribution in [3.8, 4) is 26.8 Å². The summed E-state index contributed by atoms with van der Waals surface area (Å²) < 4.78 is 5.91. The molecule has 1 aliphatic rings. The lowest BCUT2D eigenvalue weighted by molar-refractivity contribution is 0.244. The highest BCUT2D eigenvalue weighted by atomic mass is 32.1. The van der Waals surface area contributed by atoms with E-state index in [9.17, 15) is 0 Å². The Morgan fingerprint density at radius 2 is 2.12 bits per heavy atom. The molecule has 33 heavy (non-hydrogen) atoms. The molecule has 0 saturated carbocycles. The Morgan fingerprint density at radius 1 is 1.21 bits per heavy atom. The van der Waals surface area contributed by atoms with Crippen molar-refractivity contribution in [1.29, 1.82) is 0 Å². The molecule has 0 fully saturated rings. The fourth-order valence-corrected chi connectivity index (χ4v) is 5.42. The molecule has 2 heterocycles. The Hall–Kier alpha value is -3.16. The number of rotatable bonds is 8. The van der Waals surface area contributed by atoms with Gasteiger partial charge in [0.1, 0.15) is 16.6 Å². The van der Waals surface area contributed by atoms with Crippen molar-refractivity contribution in [3.63, 3.8) is 0 Å². The molecule has 170 valence electrons. The molecule has 7 heteroatoms. The number of hydrogen-bond acceptors (Lipinski definition) is 6. The number of hydrogen-bond donors (Lipinski definition) is 3. The maximum atomic E-state index is 5.91. The minimum absolute atomic E-state index is 0.131. The third kappa shape index (κ3) is 4.51. The molecule has 3 N–H and O–H groups in total. The molecule has 2 aromatic carbocycles. The Balaban J connectivity index is 1.39. The van der Waals surface area contributed by atoms with Crippen LogP contribution in [0.1, 0.15) is 43.3 Å². The lowest BCUT2D eigenvalue weighted by atomic mass is 10.0. The monoisotopic (exact) mass is 459 g/mol. The van der Waals surface area contributed by atoms with E-state index in [2.05, 4.69) is 50.9 Å². The molecule has 6 nitrogen and oxygen atoms in total. The van der Waals surface area contributed by atoms with Gasteiger partial charge in [-0.05, 0) is 61.6 Å². The van der Waals surface area contributed by atoms with Crippen LogP contribution >= 0.6 is 11.3 Å². The molecule has 2 aromatic heterocycles. The third-order valence-electron chi connectivity index (χ3n) is 5.97. The van der Waals surface area contributed by atoms with E-state index in [1.807, 2.05) is 39.4 Å². The summed E-state index contributed by atoms with van der Waals surface area (Å²) >= 11 is 1.74. The Labute approximate surface area is 198 Å². The molecule has 0 spiro atoms. The molecule has 0 saturated heterocycles. The lowest BCUT2D eigenvalue weighted by Crippen LogP contribution is -2.19. The molecule has 0 amide bonds. The maximum Gasteiger partial charge on any atom is 0.142 e. The van der Waals surface area contributed by atoms with Gasteiger partial charge < -0.3 is 20.4 Å². The number of aromatic amines is 1. The first kappa shape index (κ1) is 21.7. The summed E-state index contributed by atoms with van der Waals surface area (Å²) in [5, 5.41) is 7.92. The minimum atomic E-state index is 0.131. The summed E-state index contributed by atoms with van der Waals surface area (Å²) in [5.41, 5.74) is 6.19. The molecule has 0 bridgehead atoms. The SMILES string of the molecule is CNc1cc(-c2ncc(-c3cccc4c3CC[C@@H]4NCc3ncc[nH]3)s2)ccc1OC(C)C. The topological polar surface area (TPSA) is 74.9 Å². The quantitative estimate of drug-likeness (QED) is 0.310. The van der Waals surface area contributed by atoms with E-state index in [1.54, 1.807) is 17.5 Å². The molecule has 5 rings (SSSR count). The van der Waals surface area contributed by atoms with Gasteiger partial charge in [-0.3, -0.25) is 0 Å². The molecule has 1 aliphatic carbocycles. The highest BCUT2D eigenvalue weighted by Gasteiger charge is 2.25. The van der Waals surface area contributed by atoms with Crippen LogP contribution in [-0.4, -0.2) is 28.1 Å². The second kappa shape index (κ2) is 9.37. The van der Waals surface area contributed by atoms with Crippen LogP contribution in [0.5, 0.6) is 5.75 Å². The van der Waals surface area contributed by atoms with Crippen LogP contribution in [0.2, 0.25) is 0 Å². The predicted octanol–water partition coefficient (Wildman–Crippen LogP) is 5.81. The summed E-state index contributed by atoms with van der Waals surface area (Å²) in [6.07, 6.45) is 7.97. The fourth-order valence-electron chi connectivity index (χ4n) is 4.46. The van der Waals surface area contributed by atoms with Crippen LogP contribution in [0.3, 0.4) is 0 Å². The van der Waals surface area contributed by atoms with Gasteiger partial charge in [-0.25, -0.2) is 9.97 Å². The molecule has 0 aliphatic heterocycles. The normalized spacial score (nSPS) is 15.1. The zero-order valence-corrected chi connectivity index (χ0v) is 20.0. The van der Waals surface area contributed by atoms with E-state index >= 15 is 0 Å². The van der Waals surface area contributed by atoms with E-state index in [0.29, 0.717) is 6.04 Å². The summed E-state index contributed by atoms with van der Waals surface area (Å²) in [4.78, 5) is 13.5. The maximum absolute atomic E-state index is 5.91. The van der Waals surface area contributed by atoms with Gasteiger partial charge in [0, 0.05) is 37.2 Å². The molecule has 0 radical (unpaired) electrons. The molecule has 0 unspecified atom stereocenters. The van der Waals surface area contributed by atoms with Crippen LogP contribution in [0.4, 0.5) is 5.69 Å². The highest BCUT2D eigenvalue weighted by Crippen LogP contribution is 2.41. The molecule has 1 atom stereocenters. The average molecular weight is 460 g/mol. The van der Waals surface area contributed by atoms with Crippen molar-refractivity contribution in [1.82, 2.24) is 20.3 Å². The summed E-state index contributed by atoms with van der Waals surface area (Å²) in [6, 6.07) is 13.2. The summed E-state index contributed by atoms with van der Waals surface area (Å²) in [6.45, 7) is 4.82. The number of fused-ring (bicyclic) bond motifs is 1. The number of nitrogens with one attached hydrogen (secondary N) is 3. The van der Waals surface area contributed by atoms with Crippen LogP contribution in [0, 0.1) is 0 Å². The number of ether oxygens (including phenoxy) is 1. The van der Waals surface area contributed by atoms with Crippen molar-refractivity contribution in [3.05, 3.63) is 71.9 Å². The Bertz CT molecular complexity index is 1230. The number of imidazole rings is 1. The van der Waals surface area contributed by atoms with Gasteiger partial charge in [0.2, 0.25) is 0 Å². The van der Waals surface area contributed by atoms with E-state index in [0.717, 1.165) is 47.2 Å². The van der Waals surface area contributed by atoms with Crippen LogP contribution in [0.25, 0.3) is 21.0 Å². The smallest absolute Gasteiger partial charge is 0.142 e. The zero-order chi connectivity index (χ0) is 22.8. The number of benzene rings is 2. The second-order valence-corrected chi connectivity index (χ2v) is 9.57. The van der Waals surface area contributed by atoms with E-state index in [1.165, 1.54) is 21.6 Å². The number of nitrogens with zero attached hydrogens (tertiary/aromatic N) is 2. The predicted molar refractivity (Wildman–Crippen MR) is 135 cm³/mol. The van der Waals surface area contributed by atoms with Crippen LogP contribution in [0.15, 0.2) is 55.0 Å². The first-order valence-electron chi connectivity index (χ1n) is 11.4. The van der Waals surface area contributed by atoms with Gasteiger partial charge in [-0.15, -0.1) is 11.3 Å². The second-order valence-electron chi connectivity index (χ2n) is 8.54. The summed E-state index contributed by atoms with van der Waals surface area (Å²) in [5.74, 6) is 1.83. The van der Waals surface area contributed by atoms with Crippen LogP contribution in [-0.2, 0) is 13.0 Å². The van der Waals surface area contributed by atoms with Gasteiger partial charge in [0.25, 0.3) is 0 Å². The van der Waals surface area contributed by atoms with Crippen molar-refractivity contribution in [2.75, 3.05) is 12.4 Å². The summed E-state index contributed by atoms with van der Waals surface area (Å²) in [7, 11) is 1.92. The van der Waals surface area contributed by atoms with E-state index in [-0.39, 0.29) is 6.10 Å². The van der Waals surface area contributed by atoms with Gasteiger partial charge in [0.05, 0.1) is 23.2 Å². The average Bonchev–Trinajstić information content (AvgIpc) is 3.58. The van der Waals surface area contributed by atoms with Gasteiger partial charge in [-0.1, -0.05) is 18.2 Å². The van der Waals surface area contributed by atoms with Crippen molar-refractivity contribution >= 4 is 17.0 Å². The zero-order valence-electron chi connectivity index (χ0n) is 19.2. The van der Waals surface area contributed by atoms with Crippen molar-refractivity contribution in [2.24, 2.45) is 0 Å². The number of anilines is 1. The lowest BCUT2D eigenvalue weighted by Gasteiger charge is -2.14.